The van der Waals surface area contributed by atoms with E-state index in [2.05, 4.69) is 6.07 Å². The Hall–Kier alpha value is -1.88. The fourth-order valence-electron chi connectivity index (χ4n) is 3.58. The highest BCUT2D eigenvalue weighted by Crippen LogP contribution is 2.22. The number of likely N-dealkylation sites (N-methyl/N-ethyl adjacent to an activating group) is 1. The van der Waals surface area contributed by atoms with Crippen LogP contribution < -0.4 is 0 Å². The summed E-state index contributed by atoms with van der Waals surface area (Å²) >= 11 is 0. The first-order valence-electron chi connectivity index (χ1n) is 8.87. The maximum absolute atomic E-state index is 12.6. The highest BCUT2D eigenvalue weighted by atomic mass is 16.3. The van der Waals surface area contributed by atoms with E-state index in [4.69, 9.17) is 0 Å². The Bertz CT molecular complexity index is 621. The number of amides is 2. The van der Waals surface area contributed by atoms with Crippen LogP contribution in [0.2, 0.25) is 0 Å². The summed E-state index contributed by atoms with van der Waals surface area (Å²) in [6.45, 7) is 1.23. The van der Waals surface area contributed by atoms with E-state index in [0.29, 0.717) is 31.5 Å². The molecule has 1 saturated heterocycles. The van der Waals surface area contributed by atoms with E-state index in [-0.39, 0.29) is 24.5 Å². The van der Waals surface area contributed by atoms with Gasteiger partial charge in [-0.1, -0.05) is 6.07 Å². The number of likely N-dealkylation sites (tertiary alicyclic amines) is 1. The number of carbonyl (C=O) groups excluding carboxylic acids is 2. The largest absolute Gasteiger partial charge is 0.393 e. The lowest BCUT2D eigenvalue weighted by Gasteiger charge is -2.31. The van der Waals surface area contributed by atoms with Gasteiger partial charge in [-0.3, -0.25) is 9.59 Å². The van der Waals surface area contributed by atoms with Gasteiger partial charge in [-0.15, -0.1) is 0 Å². The molecule has 1 fully saturated rings. The zero-order valence-electron chi connectivity index (χ0n) is 14.3. The van der Waals surface area contributed by atoms with Gasteiger partial charge < -0.3 is 14.9 Å². The minimum atomic E-state index is -0.302. The monoisotopic (exact) mass is 330 g/mol. The molecule has 1 N–H and O–H groups in total. The van der Waals surface area contributed by atoms with Gasteiger partial charge in [-0.25, -0.2) is 0 Å². The summed E-state index contributed by atoms with van der Waals surface area (Å²) < 4.78 is 0. The predicted octanol–water partition coefficient (Wildman–Crippen LogP) is 1.62. The highest BCUT2D eigenvalue weighted by molar-refractivity contribution is 5.96. The van der Waals surface area contributed by atoms with E-state index in [0.717, 1.165) is 12.8 Å². The molecule has 3 rings (SSSR count). The van der Waals surface area contributed by atoms with Crippen LogP contribution in [-0.2, 0) is 17.6 Å². The number of aryl methyl sites for hydroxylation is 2. The second kappa shape index (κ2) is 7.34. The third-order valence-corrected chi connectivity index (χ3v) is 5.13. The van der Waals surface area contributed by atoms with Crippen molar-refractivity contribution in [2.24, 2.45) is 0 Å². The fraction of sp³-hybridized carbons (Fsp3) is 0.579. The SMILES string of the molecule is CN(CC(=O)N1CCC(O)CC1)C(=O)c1ccc2c(c1)CCCC2. The van der Waals surface area contributed by atoms with Crippen LogP contribution in [0.4, 0.5) is 0 Å². The topological polar surface area (TPSA) is 60.9 Å². The van der Waals surface area contributed by atoms with Gasteiger partial charge in [0.05, 0.1) is 12.6 Å². The van der Waals surface area contributed by atoms with Gasteiger partial charge in [0.15, 0.2) is 0 Å². The molecule has 2 amide bonds. The minimum Gasteiger partial charge on any atom is -0.393 e. The molecule has 0 aromatic heterocycles. The van der Waals surface area contributed by atoms with Gasteiger partial charge in [0.25, 0.3) is 5.91 Å². The van der Waals surface area contributed by atoms with Gasteiger partial charge in [0.1, 0.15) is 0 Å². The molecule has 0 bridgehead atoms. The first-order chi connectivity index (χ1) is 11.5. The maximum atomic E-state index is 12.6. The average molecular weight is 330 g/mol. The van der Waals surface area contributed by atoms with Gasteiger partial charge in [0.2, 0.25) is 5.91 Å². The number of nitrogens with zero attached hydrogens (tertiary/aromatic N) is 2. The molecule has 0 atom stereocenters. The first-order valence-corrected chi connectivity index (χ1v) is 8.87. The van der Waals surface area contributed by atoms with Crippen molar-refractivity contribution in [1.29, 1.82) is 0 Å². The lowest BCUT2D eigenvalue weighted by Crippen LogP contribution is -2.45. The highest BCUT2D eigenvalue weighted by Gasteiger charge is 2.24. The second-order valence-corrected chi connectivity index (χ2v) is 6.96. The number of carbonyl (C=O) groups is 2. The molecule has 5 nitrogen and oxygen atoms in total. The third kappa shape index (κ3) is 3.78. The van der Waals surface area contributed by atoms with Gasteiger partial charge in [-0.05, 0) is 61.8 Å². The zero-order valence-corrected chi connectivity index (χ0v) is 14.3. The Morgan fingerprint density at radius 1 is 1.17 bits per heavy atom. The summed E-state index contributed by atoms with van der Waals surface area (Å²) in [5.74, 6) is -0.149. The Kier molecular flexibility index (Phi) is 5.19. The molecule has 1 aliphatic carbocycles. The summed E-state index contributed by atoms with van der Waals surface area (Å²) in [4.78, 5) is 28.2. The van der Waals surface area contributed by atoms with Gasteiger partial charge >= 0.3 is 0 Å². The van der Waals surface area contributed by atoms with E-state index in [1.807, 2.05) is 12.1 Å². The number of piperidine rings is 1. The zero-order chi connectivity index (χ0) is 17.1. The van der Waals surface area contributed by atoms with E-state index in [9.17, 15) is 14.7 Å². The van der Waals surface area contributed by atoms with Crippen LogP contribution in [0.25, 0.3) is 0 Å². The van der Waals surface area contributed by atoms with Crippen LogP contribution in [0.15, 0.2) is 18.2 Å². The van der Waals surface area contributed by atoms with Crippen LogP contribution in [0.3, 0.4) is 0 Å². The van der Waals surface area contributed by atoms with Crippen LogP contribution in [-0.4, -0.2) is 59.5 Å². The van der Waals surface area contributed by atoms with Crippen molar-refractivity contribution in [3.63, 3.8) is 0 Å². The first kappa shape index (κ1) is 17.0. The average Bonchev–Trinajstić information content (AvgIpc) is 2.61. The number of aliphatic hydroxyl groups excluding tert-OH is 1. The molecule has 1 aliphatic heterocycles. The van der Waals surface area contributed by atoms with Crippen LogP contribution in [0, 0.1) is 0 Å². The Balaban J connectivity index is 1.61. The van der Waals surface area contributed by atoms with Crippen molar-refractivity contribution < 1.29 is 14.7 Å². The number of hydrogen-bond donors (Lipinski definition) is 1. The standard InChI is InChI=1S/C19H26N2O3/c1-20(13-18(23)21-10-8-17(22)9-11-21)19(24)16-7-6-14-4-2-3-5-15(14)12-16/h6-7,12,17,22H,2-5,8-11,13H2,1H3. The molecule has 0 spiro atoms. The third-order valence-electron chi connectivity index (χ3n) is 5.13. The summed E-state index contributed by atoms with van der Waals surface area (Å²) in [5, 5.41) is 9.52. The molecule has 5 heteroatoms. The van der Waals surface area contributed by atoms with Crippen LogP contribution in [0.5, 0.6) is 0 Å². The Labute approximate surface area is 143 Å². The van der Waals surface area contributed by atoms with Gasteiger partial charge in [0, 0.05) is 25.7 Å². The summed E-state index contributed by atoms with van der Waals surface area (Å²) in [5.41, 5.74) is 3.29. The molecule has 0 unspecified atom stereocenters. The second-order valence-electron chi connectivity index (χ2n) is 6.96. The van der Waals surface area contributed by atoms with E-state index < -0.39 is 0 Å². The van der Waals surface area contributed by atoms with Crippen LogP contribution >= 0.6 is 0 Å². The quantitative estimate of drug-likeness (QED) is 0.916. The molecule has 24 heavy (non-hydrogen) atoms. The molecule has 2 aliphatic rings. The lowest BCUT2D eigenvalue weighted by atomic mass is 9.90. The van der Waals surface area contributed by atoms with Crippen molar-refractivity contribution in [3.05, 3.63) is 34.9 Å². The molecule has 1 aromatic carbocycles. The van der Waals surface area contributed by atoms with E-state index in [1.165, 1.54) is 28.9 Å². The predicted molar refractivity (Wildman–Crippen MR) is 91.9 cm³/mol. The van der Waals surface area contributed by atoms with Crippen molar-refractivity contribution in [1.82, 2.24) is 9.80 Å². The van der Waals surface area contributed by atoms with Gasteiger partial charge in [-0.2, -0.15) is 0 Å². The maximum Gasteiger partial charge on any atom is 0.254 e. The molecule has 1 heterocycles. The fourth-order valence-corrected chi connectivity index (χ4v) is 3.58. The molecule has 0 radical (unpaired) electrons. The molecular weight excluding hydrogens is 304 g/mol. The van der Waals surface area contributed by atoms with Crippen LogP contribution in [0.1, 0.15) is 47.2 Å². The van der Waals surface area contributed by atoms with E-state index in [1.54, 1.807) is 11.9 Å². The van der Waals surface area contributed by atoms with Crippen molar-refractivity contribution in [2.45, 2.75) is 44.6 Å². The smallest absolute Gasteiger partial charge is 0.254 e. The molecular formula is C19H26N2O3. The Morgan fingerprint density at radius 2 is 1.83 bits per heavy atom. The van der Waals surface area contributed by atoms with Crippen molar-refractivity contribution >= 4 is 11.8 Å². The number of hydrogen-bond acceptors (Lipinski definition) is 3. The molecule has 0 saturated carbocycles. The number of fused-ring (bicyclic) bond motifs is 1. The Morgan fingerprint density at radius 3 is 2.54 bits per heavy atom. The summed E-state index contributed by atoms with van der Waals surface area (Å²) in [6, 6.07) is 5.93. The normalized spacial score (nSPS) is 18.2. The molecule has 1 aromatic rings. The minimum absolute atomic E-state index is 0.0456. The summed E-state index contributed by atoms with van der Waals surface area (Å²) in [6.07, 6.45) is 5.47. The summed E-state index contributed by atoms with van der Waals surface area (Å²) in [7, 11) is 1.68. The van der Waals surface area contributed by atoms with Crippen molar-refractivity contribution in [3.8, 4) is 0 Å². The van der Waals surface area contributed by atoms with Crippen molar-refractivity contribution in [2.75, 3.05) is 26.7 Å². The van der Waals surface area contributed by atoms with E-state index >= 15 is 0 Å². The molecule has 130 valence electrons. The lowest BCUT2D eigenvalue weighted by molar-refractivity contribution is -0.133. The number of benzene rings is 1. The number of rotatable bonds is 3. The number of aliphatic hydroxyl groups is 1.